The Morgan fingerprint density at radius 2 is 1.71 bits per heavy atom. The van der Waals surface area contributed by atoms with E-state index in [4.69, 9.17) is 0 Å². The fraction of sp³-hybridized carbons (Fsp3) is 0.368. The Balaban J connectivity index is 1.86. The van der Waals surface area contributed by atoms with Gasteiger partial charge in [-0.1, -0.05) is 48.5 Å². The molecule has 1 fully saturated rings. The van der Waals surface area contributed by atoms with Gasteiger partial charge < -0.3 is 10.2 Å². The first-order valence-corrected chi connectivity index (χ1v) is 7.76. The number of benzene rings is 2. The third-order valence-electron chi connectivity index (χ3n) is 4.14. The highest BCUT2D eigenvalue weighted by Gasteiger charge is 2.26. The minimum Gasteiger partial charge on any atom is -0.368 e. The van der Waals surface area contributed by atoms with E-state index in [2.05, 4.69) is 78.7 Å². The summed E-state index contributed by atoms with van der Waals surface area (Å²) >= 11 is 0. The lowest BCUT2D eigenvalue weighted by atomic mass is 9.98. The lowest BCUT2D eigenvalue weighted by Gasteiger charge is -2.41. The van der Waals surface area contributed by atoms with Crippen LogP contribution in [0, 0.1) is 0 Å². The molecule has 1 saturated heterocycles. The van der Waals surface area contributed by atoms with E-state index in [1.165, 1.54) is 16.8 Å². The molecule has 2 aromatic rings. The minimum absolute atomic E-state index is 0.179. The molecule has 0 aromatic heterocycles. The molecular weight excluding hydrogens is 256 g/mol. The van der Waals surface area contributed by atoms with Crippen molar-refractivity contribution < 1.29 is 0 Å². The van der Waals surface area contributed by atoms with Crippen LogP contribution in [0.1, 0.15) is 25.0 Å². The molecule has 0 saturated carbocycles. The Morgan fingerprint density at radius 3 is 2.48 bits per heavy atom. The molecule has 0 bridgehead atoms. The predicted molar refractivity (Wildman–Crippen MR) is 90.0 cm³/mol. The van der Waals surface area contributed by atoms with Gasteiger partial charge in [0.15, 0.2) is 0 Å². The van der Waals surface area contributed by atoms with Crippen LogP contribution in [0.3, 0.4) is 0 Å². The molecule has 0 radical (unpaired) electrons. The monoisotopic (exact) mass is 280 g/mol. The molecule has 1 heterocycles. The zero-order valence-electron chi connectivity index (χ0n) is 13.0. The second-order valence-electron chi connectivity index (χ2n) is 6.52. The van der Waals surface area contributed by atoms with Gasteiger partial charge in [0.1, 0.15) is 0 Å². The van der Waals surface area contributed by atoms with Crippen molar-refractivity contribution in [2.45, 2.75) is 25.8 Å². The van der Waals surface area contributed by atoms with Crippen molar-refractivity contribution in [3.05, 3.63) is 65.7 Å². The van der Waals surface area contributed by atoms with Crippen LogP contribution in [0.15, 0.2) is 54.6 Å². The van der Waals surface area contributed by atoms with E-state index < -0.39 is 0 Å². The lowest BCUT2D eigenvalue weighted by Crippen LogP contribution is -2.57. The average molecular weight is 280 g/mol. The Hall–Kier alpha value is -1.80. The highest BCUT2D eigenvalue weighted by atomic mass is 15.2. The first kappa shape index (κ1) is 14.2. The number of piperazine rings is 1. The van der Waals surface area contributed by atoms with Crippen molar-refractivity contribution in [1.82, 2.24) is 5.32 Å². The van der Waals surface area contributed by atoms with Crippen LogP contribution < -0.4 is 10.2 Å². The van der Waals surface area contributed by atoms with Gasteiger partial charge in [-0.3, -0.25) is 0 Å². The molecule has 1 N–H and O–H groups in total. The normalized spacial score (nSPS) is 17.7. The van der Waals surface area contributed by atoms with Crippen LogP contribution in [0.2, 0.25) is 0 Å². The molecule has 3 rings (SSSR count). The number of rotatable bonds is 3. The maximum absolute atomic E-state index is 3.59. The fourth-order valence-corrected chi connectivity index (χ4v) is 3.13. The zero-order valence-corrected chi connectivity index (χ0v) is 13.0. The van der Waals surface area contributed by atoms with E-state index in [9.17, 15) is 0 Å². The van der Waals surface area contributed by atoms with Crippen molar-refractivity contribution >= 4 is 5.69 Å². The van der Waals surface area contributed by atoms with Gasteiger partial charge in [-0.2, -0.15) is 0 Å². The lowest BCUT2D eigenvalue weighted by molar-refractivity contribution is 0.353. The van der Waals surface area contributed by atoms with Gasteiger partial charge in [0, 0.05) is 30.9 Å². The van der Waals surface area contributed by atoms with Crippen LogP contribution in [0.5, 0.6) is 0 Å². The van der Waals surface area contributed by atoms with Crippen molar-refractivity contribution in [1.29, 1.82) is 0 Å². The van der Waals surface area contributed by atoms with Crippen LogP contribution in [0.25, 0.3) is 0 Å². The van der Waals surface area contributed by atoms with Gasteiger partial charge in [0.2, 0.25) is 0 Å². The van der Waals surface area contributed by atoms with E-state index in [0.717, 1.165) is 26.1 Å². The van der Waals surface area contributed by atoms with Gasteiger partial charge in [-0.05, 0) is 37.5 Å². The molecule has 1 aliphatic rings. The van der Waals surface area contributed by atoms with Crippen molar-refractivity contribution in [2.75, 3.05) is 24.5 Å². The summed E-state index contributed by atoms with van der Waals surface area (Å²) in [5, 5.41) is 3.59. The van der Waals surface area contributed by atoms with Gasteiger partial charge >= 0.3 is 0 Å². The van der Waals surface area contributed by atoms with Crippen LogP contribution in [-0.4, -0.2) is 25.2 Å². The molecule has 0 atom stereocenters. The van der Waals surface area contributed by atoms with Crippen molar-refractivity contribution in [3.63, 3.8) is 0 Å². The quantitative estimate of drug-likeness (QED) is 0.926. The molecule has 2 heteroatoms. The Labute approximate surface area is 127 Å². The Bertz CT molecular complexity index is 590. The standard InChI is InChI=1S/C19H24N2/c1-19(2)15-21(13-12-20-19)18-11-7-6-10-17(18)14-16-8-4-3-5-9-16/h3-11,20H,12-15H2,1-2H3. The van der Waals surface area contributed by atoms with Gasteiger partial charge in [0.05, 0.1) is 0 Å². The van der Waals surface area contributed by atoms with Crippen LogP contribution >= 0.6 is 0 Å². The van der Waals surface area contributed by atoms with E-state index in [1.54, 1.807) is 0 Å². The second kappa shape index (κ2) is 5.90. The fourth-order valence-electron chi connectivity index (χ4n) is 3.13. The summed E-state index contributed by atoms with van der Waals surface area (Å²) in [6.45, 7) is 7.73. The number of anilines is 1. The van der Waals surface area contributed by atoms with E-state index in [0.29, 0.717) is 0 Å². The minimum atomic E-state index is 0.179. The summed E-state index contributed by atoms with van der Waals surface area (Å²) in [4.78, 5) is 2.52. The number of para-hydroxylation sites is 1. The third kappa shape index (κ3) is 3.45. The summed E-state index contributed by atoms with van der Waals surface area (Å²) in [7, 11) is 0. The Kier molecular flexibility index (Phi) is 3.98. The summed E-state index contributed by atoms with van der Waals surface area (Å²) < 4.78 is 0. The maximum atomic E-state index is 3.59. The second-order valence-corrected chi connectivity index (χ2v) is 6.52. The number of hydrogen-bond donors (Lipinski definition) is 1. The summed E-state index contributed by atoms with van der Waals surface area (Å²) in [5.74, 6) is 0. The SMILES string of the molecule is CC1(C)CN(c2ccccc2Cc2ccccc2)CCN1. The molecule has 21 heavy (non-hydrogen) atoms. The first-order chi connectivity index (χ1) is 10.1. The largest absolute Gasteiger partial charge is 0.368 e. The molecule has 2 aromatic carbocycles. The molecule has 0 aliphatic carbocycles. The summed E-state index contributed by atoms with van der Waals surface area (Å²) in [6.07, 6.45) is 1.00. The van der Waals surface area contributed by atoms with E-state index in [-0.39, 0.29) is 5.54 Å². The van der Waals surface area contributed by atoms with Crippen molar-refractivity contribution in [3.8, 4) is 0 Å². The van der Waals surface area contributed by atoms with E-state index >= 15 is 0 Å². The smallest absolute Gasteiger partial charge is 0.0403 e. The maximum Gasteiger partial charge on any atom is 0.0403 e. The number of nitrogens with zero attached hydrogens (tertiary/aromatic N) is 1. The topological polar surface area (TPSA) is 15.3 Å². The zero-order chi connectivity index (χ0) is 14.7. The highest BCUT2D eigenvalue weighted by molar-refractivity contribution is 5.56. The molecular formula is C19H24N2. The molecule has 2 nitrogen and oxygen atoms in total. The third-order valence-corrected chi connectivity index (χ3v) is 4.14. The summed E-state index contributed by atoms with van der Waals surface area (Å²) in [6, 6.07) is 19.5. The van der Waals surface area contributed by atoms with Crippen molar-refractivity contribution in [2.24, 2.45) is 0 Å². The van der Waals surface area contributed by atoms with Crippen LogP contribution in [-0.2, 0) is 6.42 Å². The molecule has 0 amide bonds. The molecule has 1 aliphatic heterocycles. The molecule has 0 unspecified atom stereocenters. The number of nitrogens with one attached hydrogen (secondary N) is 1. The van der Waals surface area contributed by atoms with Gasteiger partial charge in [-0.15, -0.1) is 0 Å². The van der Waals surface area contributed by atoms with Gasteiger partial charge in [-0.25, -0.2) is 0 Å². The highest BCUT2D eigenvalue weighted by Crippen LogP contribution is 2.26. The van der Waals surface area contributed by atoms with Gasteiger partial charge in [0.25, 0.3) is 0 Å². The average Bonchev–Trinajstić information content (AvgIpc) is 2.48. The molecule has 110 valence electrons. The Morgan fingerprint density at radius 1 is 1.00 bits per heavy atom. The van der Waals surface area contributed by atoms with E-state index in [1.807, 2.05) is 0 Å². The molecule has 0 spiro atoms. The summed E-state index contributed by atoms with van der Waals surface area (Å²) in [5.41, 5.74) is 4.36. The first-order valence-electron chi connectivity index (χ1n) is 7.76. The predicted octanol–water partition coefficient (Wildman–Crippen LogP) is 3.47. The number of hydrogen-bond acceptors (Lipinski definition) is 2. The van der Waals surface area contributed by atoms with Crippen LogP contribution in [0.4, 0.5) is 5.69 Å².